The quantitative estimate of drug-likeness (QED) is 0.747. The van der Waals surface area contributed by atoms with Gasteiger partial charge in [-0.05, 0) is 12.5 Å². The Morgan fingerprint density at radius 2 is 2.05 bits per heavy atom. The van der Waals surface area contributed by atoms with Gasteiger partial charge in [-0.25, -0.2) is 13.4 Å². The second-order valence-electron chi connectivity index (χ2n) is 4.38. The number of rotatable bonds is 5. The molecule has 0 fully saturated rings. The molecule has 0 spiro atoms. The largest absolute Gasteiger partial charge is 0.394 e. The first-order valence-electron chi connectivity index (χ1n) is 5.67. The summed E-state index contributed by atoms with van der Waals surface area (Å²) in [5, 5.41) is 9.51. The number of hydrogen-bond acceptors (Lipinski definition) is 4. The Morgan fingerprint density at radius 1 is 1.37 bits per heavy atom. The van der Waals surface area contributed by atoms with Crippen LogP contribution in [0.3, 0.4) is 0 Å². The summed E-state index contributed by atoms with van der Waals surface area (Å²) in [6.07, 6.45) is 2.50. The fourth-order valence-electron chi connectivity index (χ4n) is 1.73. The van der Waals surface area contributed by atoms with Crippen LogP contribution in [-0.2, 0) is 15.6 Å². The number of H-pyrrole nitrogens is 1. The van der Waals surface area contributed by atoms with Gasteiger partial charge in [0.1, 0.15) is 0 Å². The molecule has 0 saturated heterocycles. The monoisotopic (exact) mass is 281 g/mol. The SMILES string of the molecule is CC(CO)(NS(=O)(=O)c1cnc[nH]1)c1ccccc1. The van der Waals surface area contributed by atoms with Crippen molar-refractivity contribution < 1.29 is 13.5 Å². The summed E-state index contributed by atoms with van der Waals surface area (Å²) in [5.74, 6) is 0. The molecule has 1 atom stereocenters. The van der Waals surface area contributed by atoms with Gasteiger partial charge in [-0.1, -0.05) is 30.3 Å². The average molecular weight is 281 g/mol. The Bertz CT molecular complexity index is 626. The summed E-state index contributed by atoms with van der Waals surface area (Å²) in [5.41, 5.74) is -0.411. The first-order chi connectivity index (χ1) is 8.98. The van der Waals surface area contributed by atoms with Crippen LogP contribution in [0.25, 0.3) is 0 Å². The van der Waals surface area contributed by atoms with Crippen LogP contribution in [0.1, 0.15) is 12.5 Å². The standard InChI is InChI=1S/C12H15N3O3S/c1-12(8-16,10-5-3-2-4-6-10)15-19(17,18)11-7-13-9-14-11/h2-7,9,15-16H,8H2,1H3,(H,13,14). The Kier molecular flexibility index (Phi) is 3.70. The molecule has 0 aliphatic carbocycles. The number of nitrogens with zero attached hydrogens (tertiary/aromatic N) is 1. The number of aliphatic hydroxyl groups is 1. The van der Waals surface area contributed by atoms with Gasteiger partial charge in [0.15, 0.2) is 5.03 Å². The highest BCUT2D eigenvalue weighted by molar-refractivity contribution is 7.89. The van der Waals surface area contributed by atoms with Crippen molar-refractivity contribution in [2.75, 3.05) is 6.61 Å². The average Bonchev–Trinajstić information content (AvgIpc) is 2.94. The molecule has 19 heavy (non-hydrogen) atoms. The van der Waals surface area contributed by atoms with Crippen molar-refractivity contribution in [2.24, 2.45) is 0 Å². The summed E-state index contributed by atoms with van der Waals surface area (Å²) < 4.78 is 26.8. The number of nitrogens with one attached hydrogen (secondary N) is 2. The second kappa shape index (κ2) is 5.12. The van der Waals surface area contributed by atoms with Gasteiger partial charge in [0.05, 0.1) is 24.7 Å². The number of aliphatic hydroxyl groups excluding tert-OH is 1. The number of sulfonamides is 1. The van der Waals surface area contributed by atoms with E-state index in [2.05, 4.69) is 14.7 Å². The highest BCUT2D eigenvalue weighted by Crippen LogP contribution is 2.22. The molecule has 0 radical (unpaired) electrons. The molecule has 7 heteroatoms. The van der Waals surface area contributed by atoms with Crippen LogP contribution in [0, 0.1) is 0 Å². The molecular weight excluding hydrogens is 266 g/mol. The highest BCUT2D eigenvalue weighted by Gasteiger charge is 2.32. The maximum atomic E-state index is 12.1. The molecular formula is C12H15N3O3S. The molecule has 1 aromatic heterocycles. The van der Waals surface area contributed by atoms with E-state index in [9.17, 15) is 13.5 Å². The lowest BCUT2D eigenvalue weighted by molar-refractivity contribution is 0.196. The van der Waals surface area contributed by atoms with Crippen LogP contribution in [0.4, 0.5) is 0 Å². The topological polar surface area (TPSA) is 95.1 Å². The van der Waals surface area contributed by atoms with E-state index in [4.69, 9.17) is 0 Å². The van der Waals surface area contributed by atoms with Crippen molar-refractivity contribution in [3.63, 3.8) is 0 Å². The maximum absolute atomic E-state index is 12.1. The Morgan fingerprint density at radius 3 is 2.58 bits per heavy atom. The lowest BCUT2D eigenvalue weighted by atomic mass is 9.94. The van der Waals surface area contributed by atoms with Crippen LogP contribution in [-0.4, -0.2) is 30.1 Å². The number of aromatic amines is 1. The van der Waals surface area contributed by atoms with Gasteiger partial charge in [0.2, 0.25) is 0 Å². The lowest BCUT2D eigenvalue weighted by Gasteiger charge is -2.28. The van der Waals surface area contributed by atoms with Gasteiger partial charge in [0, 0.05) is 0 Å². The minimum Gasteiger partial charge on any atom is -0.394 e. The summed E-state index contributed by atoms with van der Waals surface area (Å²) in [4.78, 5) is 6.21. The van der Waals surface area contributed by atoms with Crippen LogP contribution >= 0.6 is 0 Å². The normalized spacial score (nSPS) is 15.1. The Labute approximate surface area is 111 Å². The zero-order valence-electron chi connectivity index (χ0n) is 10.4. The van der Waals surface area contributed by atoms with Gasteiger partial charge in [-0.15, -0.1) is 0 Å². The molecule has 0 saturated carbocycles. The van der Waals surface area contributed by atoms with E-state index < -0.39 is 15.6 Å². The third-order valence-electron chi connectivity index (χ3n) is 2.85. The Balaban J connectivity index is 2.35. The number of hydrogen-bond donors (Lipinski definition) is 3. The van der Waals surface area contributed by atoms with Crippen molar-refractivity contribution in [3.8, 4) is 0 Å². The van der Waals surface area contributed by atoms with Crippen LogP contribution < -0.4 is 4.72 Å². The van der Waals surface area contributed by atoms with Crippen LogP contribution in [0.15, 0.2) is 47.9 Å². The van der Waals surface area contributed by atoms with Crippen LogP contribution in [0.2, 0.25) is 0 Å². The maximum Gasteiger partial charge on any atom is 0.258 e. The molecule has 0 aliphatic heterocycles. The lowest BCUT2D eigenvalue weighted by Crippen LogP contribution is -2.46. The molecule has 1 heterocycles. The molecule has 6 nitrogen and oxygen atoms in total. The predicted molar refractivity (Wildman–Crippen MR) is 69.8 cm³/mol. The molecule has 0 bridgehead atoms. The third-order valence-corrected chi connectivity index (χ3v) is 4.37. The third kappa shape index (κ3) is 2.83. The first-order valence-corrected chi connectivity index (χ1v) is 7.15. The zero-order chi connectivity index (χ0) is 13.9. The molecule has 1 unspecified atom stereocenters. The summed E-state index contributed by atoms with van der Waals surface area (Å²) in [6, 6.07) is 8.91. The minimum atomic E-state index is -3.76. The van der Waals surface area contributed by atoms with Crippen molar-refractivity contribution in [1.82, 2.24) is 14.7 Å². The van der Waals surface area contributed by atoms with Gasteiger partial charge < -0.3 is 10.1 Å². The highest BCUT2D eigenvalue weighted by atomic mass is 32.2. The fraction of sp³-hybridized carbons (Fsp3) is 0.250. The molecule has 102 valence electrons. The van der Waals surface area contributed by atoms with Gasteiger partial charge in [-0.3, -0.25) is 0 Å². The summed E-state index contributed by atoms with van der Waals surface area (Å²) in [6.45, 7) is 1.26. The first kappa shape index (κ1) is 13.7. The molecule has 3 N–H and O–H groups in total. The summed E-state index contributed by atoms with van der Waals surface area (Å²) >= 11 is 0. The van der Waals surface area contributed by atoms with E-state index >= 15 is 0 Å². The fourth-order valence-corrected chi connectivity index (χ4v) is 3.02. The van der Waals surface area contributed by atoms with Crippen LogP contribution in [0.5, 0.6) is 0 Å². The van der Waals surface area contributed by atoms with Gasteiger partial charge in [0.25, 0.3) is 10.0 Å². The molecule has 2 rings (SSSR count). The van der Waals surface area contributed by atoms with E-state index in [1.54, 1.807) is 31.2 Å². The smallest absolute Gasteiger partial charge is 0.258 e. The number of benzene rings is 1. The zero-order valence-corrected chi connectivity index (χ0v) is 11.2. The van der Waals surface area contributed by atoms with Crippen molar-refractivity contribution in [2.45, 2.75) is 17.5 Å². The molecule has 2 aromatic rings. The van der Waals surface area contributed by atoms with Gasteiger partial charge in [-0.2, -0.15) is 4.72 Å². The van der Waals surface area contributed by atoms with E-state index in [1.165, 1.54) is 12.5 Å². The second-order valence-corrected chi connectivity index (χ2v) is 6.03. The van der Waals surface area contributed by atoms with Crippen molar-refractivity contribution in [3.05, 3.63) is 48.4 Å². The van der Waals surface area contributed by atoms with Crippen molar-refractivity contribution in [1.29, 1.82) is 0 Å². The minimum absolute atomic E-state index is 0.0388. The summed E-state index contributed by atoms with van der Waals surface area (Å²) in [7, 11) is -3.76. The molecule has 0 amide bonds. The van der Waals surface area contributed by atoms with E-state index in [1.807, 2.05) is 6.07 Å². The van der Waals surface area contributed by atoms with E-state index in [0.29, 0.717) is 5.56 Å². The molecule has 0 aliphatic rings. The van der Waals surface area contributed by atoms with E-state index in [-0.39, 0.29) is 11.6 Å². The predicted octanol–water partition coefficient (Wildman–Crippen LogP) is 0.596. The van der Waals surface area contributed by atoms with Gasteiger partial charge >= 0.3 is 0 Å². The number of imidazole rings is 1. The van der Waals surface area contributed by atoms with Crippen molar-refractivity contribution >= 4 is 10.0 Å². The number of aromatic nitrogens is 2. The van der Waals surface area contributed by atoms with E-state index in [0.717, 1.165) is 0 Å². The molecule has 1 aromatic carbocycles. The Hall–Kier alpha value is -1.70.